The van der Waals surface area contributed by atoms with Crippen molar-refractivity contribution < 1.29 is 24.2 Å². The highest BCUT2D eigenvalue weighted by atomic mass is 16.5. The summed E-state index contributed by atoms with van der Waals surface area (Å²) in [7, 11) is 1.81. The van der Waals surface area contributed by atoms with Crippen molar-refractivity contribution in [2.45, 2.75) is 32.2 Å². The van der Waals surface area contributed by atoms with Gasteiger partial charge in [0.1, 0.15) is 5.75 Å². The number of hydrogen-bond donors (Lipinski definition) is 1. The Morgan fingerprint density at radius 3 is 2.54 bits per heavy atom. The van der Waals surface area contributed by atoms with Gasteiger partial charge in [0.2, 0.25) is 5.91 Å². The van der Waals surface area contributed by atoms with Crippen molar-refractivity contribution in [2.75, 3.05) is 26.9 Å². The summed E-state index contributed by atoms with van der Waals surface area (Å²) in [5.41, 5.74) is 0.986. The first kappa shape index (κ1) is 18.3. The van der Waals surface area contributed by atoms with Gasteiger partial charge in [-0.05, 0) is 42.9 Å². The van der Waals surface area contributed by atoms with Crippen LogP contribution in [0.1, 0.15) is 31.2 Å². The molecule has 0 aliphatic carbocycles. The third-order valence-corrected chi connectivity index (χ3v) is 4.24. The number of benzene rings is 1. The third kappa shape index (κ3) is 6.20. The summed E-state index contributed by atoms with van der Waals surface area (Å²) in [5.74, 6) is 0.248. The lowest BCUT2D eigenvalue weighted by Gasteiger charge is -2.23. The molecule has 1 fully saturated rings. The molecular formula is C18H25NO5. The molecule has 132 valence electrons. The van der Waals surface area contributed by atoms with Crippen LogP contribution in [0.4, 0.5) is 0 Å². The lowest BCUT2D eigenvalue weighted by Crippen LogP contribution is -2.27. The zero-order chi connectivity index (χ0) is 17.4. The van der Waals surface area contributed by atoms with Crippen molar-refractivity contribution in [2.24, 2.45) is 5.92 Å². The van der Waals surface area contributed by atoms with Crippen molar-refractivity contribution in [3.05, 3.63) is 29.8 Å². The molecule has 0 bridgehead atoms. The van der Waals surface area contributed by atoms with E-state index in [2.05, 4.69) is 0 Å². The summed E-state index contributed by atoms with van der Waals surface area (Å²) in [6.07, 6.45) is 3.60. The van der Waals surface area contributed by atoms with Gasteiger partial charge in [-0.15, -0.1) is 0 Å². The summed E-state index contributed by atoms with van der Waals surface area (Å²) >= 11 is 0. The zero-order valence-electron chi connectivity index (χ0n) is 14.1. The molecule has 0 spiro atoms. The van der Waals surface area contributed by atoms with Crippen LogP contribution >= 0.6 is 0 Å². The smallest absolute Gasteiger partial charge is 0.341 e. The van der Waals surface area contributed by atoms with E-state index in [1.54, 1.807) is 24.1 Å². The molecule has 1 aliphatic heterocycles. The Balaban J connectivity index is 1.74. The lowest BCUT2D eigenvalue weighted by molar-refractivity contribution is -0.139. The Labute approximate surface area is 142 Å². The fourth-order valence-corrected chi connectivity index (χ4v) is 2.75. The molecule has 6 nitrogen and oxygen atoms in total. The summed E-state index contributed by atoms with van der Waals surface area (Å²) in [5, 5.41) is 8.58. The SMILES string of the molecule is CN(Cc1ccc(OCC(=O)O)cc1)C(=O)CCC1CCOCC1. The van der Waals surface area contributed by atoms with E-state index in [9.17, 15) is 9.59 Å². The Kier molecular flexibility index (Phi) is 7.06. The highest BCUT2D eigenvalue weighted by Gasteiger charge is 2.17. The maximum absolute atomic E-state index is 12.2. The van der Waals surface area contributed by atoms with E-state index >= 15 is 0 Å². The van der Waals surface area contributed by atoms with Crippen LogP contribution in [0.15, 0.2) is 24.3 Å². The molecule has 6 heteroatoms. The number of ether oxygens (including phenoxy) is 2. The first-order valence-electron chi connectivity index (χ1n) is 8.30. The summed E-state index contributed by atoms with van der Waals surface area (Å²) in [6, 6.07) is 7.14. The van der Waals surface area contributed by atoms with Gasteiger partial charge in [-0.3, -0.25) is 4.79 Å². The fraction of sp³-hybridized carbons (Fsp3) is 0.556. The molecule has 0 radical (unpaired) electrons. The third-order valence-electron chi connectivity index (χ3n) is 4.24. The quantitative estimate of drug-likeness (QED) is 0.789. The van der Waals surface area contributed by atoms with Crippen molar-refractivity contribution in [1.29, 1.82) is 0 Å². The molecule has 1 aliphatic rings. The maximum atomic E-state index is 12.2. The normalized spacial score (nSPS) is 15.0. The second-order valence-electron chi connectivity index (χ2n) is 6.17. The number of hydrogen-bond acceptors (Lipinski definition) is 4. The van der Waals surface area contributed by atoms with E-state index in [1.807, 2.05) is 12.1 Å². The standard InChI is InChI=1S/C18H25NO5/c1-19(17(20)7-4-14-8-10-23-11-9-14)12-15-2-5-16(6-3-15)24-13-18(21)22/h2-3,5-6,14H,4,7-13H2,1H3,(H,21,22). The number of amides is 1. The Hall–Kier alpha value is -2.08. The lowest BCUT2D eigenvalue weighted by atomic mass is 9.95. The molecule has 1 aromatic carbocycles. The molecule has 2 rings (SSSR count). The van der Waals surface area contributed by atoms with E-state index in [0.717, 1.165) is 38.0 Å². The number of carboxylic acid groups (broad SMARTS) is 1. The predicted octanol–water partition coefficient (Wildman–Crippen LogP) is 2.32. The molecule has 0 aromatic heterocycles. The number of nitrogens with zero attached hydrogens (tertiary/aromatic N) is 1. The average molecular weight is 335 g/mol. The topological polar surface area (TPSA) is 76.1 Å². The van der Waals surface area contributed by atoms with Crippen molar-refractivity contribution in [3.8, 4) is 5.75 Å². The number of aliphatic carboxylic acids is 1. The largest absolute Gasteiger partial charge is 0.482 e. The minimum Gasteiger partial charge on any atom is -0.482 e. The van der Waals surface area contributed by atoms with Gasteiger partial charge in [0.05, 0.1) is 0 Å². The van der Waals surface area contributed by atoms with Crippen LogP contribution in [0, 0.1) is 5.92 Å². The molecule has 1 heterocycles. The van der Waals surface area contributed by atoms with Crippen LogP contribution < -0.4 is 4.74 Å². The fourth-order valence-electron chi connectivity index (χ4n) is 2.75. The van der Waals surface area contributed by atoms with E-state index in [4.69, 9.17) is 14.6 Å². The van der Waals surface area contributed by atoms with Crippen molar-refractivity contribution in [3.63, 3.8) is 0 Å². The molecule has 1 amide bonds. The van der Waals surface area contributed by atoms with E-state index < -0.39 is 5.97 Å². The second kappa shape index (κ2) is 9.27. The van der Waals surface area contributed by atoms with Gasteiger partial charge < -0.3 is 19.5 Å². The molecule has 1 N–H and O–H groups in total. The first-order chi connectivity index (χ1) is 11.5. The van der Waals surface area contributed by atoms with E-state index in [-0.39, 0.29) is 12.5 Å². The summed E-state index contributed by atoms with van der Waals surface area (Å²) in [4.78, 5) is 24.4. The van der Waals surface area contributed by atoms with Gasteiger partial charge in [0.15, 0.2) is 6.61 Å². The molecular weight excluding hydrogens is 310 g/mol. The van der Waals surface area contributed by atoms with E-state index in [1.165, 1.54) is 0 Å². The number of carbonyl (C=O) groups excluding carboxylic acids is 1. The van der Waals surface area contributed by atoms with Crippen LogP contribution in [0.5, 0.6) is 5.75 Å². The van der Waals surface area contributed by atoms with Crippen LogP contribution in [-0.2, 0) is 20.9 Å². The summed E-state index contributed by atoms with van der Waals surface area (Å²) in [6.45, 7) is 1.80. The zero-order valence-corrected chi connectivity index (χ0v) is 14.1. The van der Waals surface area contributed by atoms with Crippen LogP contribution in [0.2, 0.25) is 0 Å². The van der Waals surface area contributed by atoms with E-state index in [0.29, 0.717) is 24.6 Å². The van der Waals surface area contributed by atoms with Gasteiger partial charge in [-0.1, -0.05) is 12.1 Å². The van der Waals surface area contributed by atoms with Gasteiger partial charge >= 0.3 is 5.97 Å². The minimum atomic E-state index is -1.01. The Morgan fingerprint density at radius 2 is 1.92 bits per heavy atom. The number of rotatable bonds is 8. The first-order valence-corrected chi connectivity index (χ1v) is 8.30. The van der Waals surface area contributed by atoms with Crippen molar-refractivity contribution in [1.82, 2.24) is 4.90 Å². The molecule has 24 heavy (non-hydrogen) atoms. The van der Waals surface area contributed by atoms with Crippen LogP contribution in [-0.4, -0.2) is 48.8 Å². The van der Waals surface area contributed by atoms with Crippen LogP contribution in [0.25, 0.3) is 0 Å². The highest BCUT2D eigenvalue weighted by Crippen LogP contribution is 2.21. The molecule has 0 atom stereocenters. The van der Waals surface area contributed by atoms with Gasteiger partial charge in [-0.25, -0.2) is 4.79 Å². The molecule has 0 saturated carbocycles. The monoisotopic (exact) mass is 335 g/mol. The number of carbonyl (C=O) groups is 2. The average Bonchev–Trinajstić information content (AvgIpc) is 2.59. The Bertz CT molecular complexity index is 537. The molecule has 1 aromatic rings. The van der Waals surface area contributed by atoms with Crippen LogP contribution in [0.3, 0.4) is 0 Å². The van der Waals surface area contributed by atoms with Gasteiger partial charge in [0.25, 0.3) is 0 Å². The highest BCUT2D eigenvalue weighted by molar-refractivity contribution is 5.75. The molecule has 1 saturated heterocycles. The maximum Gasteiger partial charge on any atom is 0.341 e. The Morgan fingerprint density at radius 1 is 1.25 bits per heavy atom. The van der Waals surface area contributed by atoms with Gasteiger partial charge in [0, 0.05) is 33.2 Å². The second-order valence-corrected chi connectivity index (χ2v) is 6.17. The van der Waals surface area contributed by atoms with Gasteiger partial charge in [-0.2, -0.15) is 0 Å². The number of carboxylic acids is 1. The van der Waals surface area contributed by atoms with Crippen molar-refractivity contribution >= 4 is 11.9 Å². The minimum absolute atomic E-state index is 0.146. The molecule has 0 unspecified atom stereocenters. The summed E-state index contributed by atoms with van der Waals surface area (Å²) < 4.78 is 10.4. The predicted molar refractivity (Wildman–Crippen MR) is 88.8 cm³/mol.